The van der Waals surface area contributed by atoms with Crippen LogP contribution >= 0.6 is 0 Å². The molecule has 0 amide bonds. The van der Waals surface area contributed by atoms with E-state index in [1.807, 2.05) is 13.0 Å². The molecule has 90 valence electrons. The molecule has 0 fully saturated rings. The molecule has 0 unspecified atom stereocenters. The van der Waals surface area contributed by atoms with Crippen molar-refractivity contribution in [3.05, 3.63) is 23.3 Å². The van der Waals surface area contributed by atoms with Gasteiger partial charge in [0.1, 0.15) is 0 Å². The molecule has 1 aliphatic rings. The van der Waals surface area contributed by atoms with Crippen LogP contribution in [0.4, 0.5) is 13.2 Å². The third kappa shape index (κ3) is 3.72. The molecule has 5 heteroatoms. The highest BCUT2D eigenvalue weighted by atomic mass is 19.4. The molecule has 0 aliphatic heterocycles. The van der Waals surface area contributed by atoms with Gasteiger partial charge in [-0.25, -0.2) is 0 Å². The van der Waals surface area contributed by atoms with Crippen LogP contribution in [0.1, 0.15) is 20.3 Å². The number of esters is 1. The zero-order valence-corrected chi connectivity index (χ0v) is 9.10. The molecule has 0 radical (unpaired) electrons. The molecule has 0 aromatic carbocycles. The Kier molecular flexibility index (Phi) is 3.78. The number of halogens is 3. The van der Waals surface area contributed by atoms with Crippen LogP contribution in [0.5, 0.6) is 0 Å². The van der Waals surface area contributed by atoms with Gasteiger partial charge >= 0.3 is 12.1 Å². The SMILES string of the molecule is CC1=CC=C(C)[C@H](C(=O)OCC(F)(F)F)C1. The van der Waals surface area contributed by atoms with E-state index in [4.69, 9.17) is 0 Å². The highest BCUT2D eigenvalue weighted by Gasteiger charge is 2.32. The van der Waals surface area contributed by atoms with Crippen molar-refractivity contribution < 1.29 is 22.7 Å². The number of alkyl halides is 3. The number of carbonyl (C=O) groups excluding carboxylic acids is 1. The molecule has 0 aromatic heterocycles. The first kappa shape index (κ1) is 12.8. The number of ether oxygens (including phenoxy) is 1. The largest absolute Gasteiger partial charge is 0.456 e. The summed E-state index contributed by atoms with van der Waals surface area (Å²) in [7, 11) is 0. The second-order valence-corrected chi connectivity index (χ2v) is 3.90. The normalized spacial score (nSPS) is 21.2. The van der Waals surface area contributed by atoms with Crippen molar-refractivity contribution in [2.75, 3.05) is 6.61 Å². The van der Waals surface area contributed by atoms with Gasteiger partial charge in [0.05, 0.1) is 5.92 Å². The number of hydrogen-bond acceptors (Lipinski definition) is 2. The topological polar surface area (TPSA) is 26.3 Å². The summed E-state index contributed by atoms with van der Waals surface area (Å²) >= 11 is 0. The van der Waals surface area contributed by atoms with Crippen LogP contribution in [0.25, 0.3) is 0 Å². The van der Waals surface area contributed by atoms with E-state index in [0.717, 1.165) is 11.1 Å². The number of carbonyl (C=O) groups is 1. The van der Waals surface area contributed by atoms with E-state index < -0.39 is 24.7 Å². The minimum absolute atomic E-state index is 0.430. The Morgan fingerprint density at radius 3 is 2.62 bits per heavy atom. The highest BCUT2D eigenvalue weighted by Crippen LogP contribution is 2.26. The zero-order valence-electron chi connectivity index (χ0n) is 9.10. The maximum atomic E-state index is 11.9. The van der Waals surface area contributed by atoms with Crippen molar-refractivity contribution in [2.24, 2.45) is 5.92 Å². The van der Waals surface area contributed by atoms with Crippen molar-refractivity contribution in [2.45, 2.75) is 26.4 Å². The highest BCUT2D eigenvalue weighted by molar-refractivity contribution is 5.76. The smallest absolute Gasteiger partial charge is 0.422 e. The first-order valence-corrected chi connectivity index (χ1v) is 4.87. The van der Waals surface area contributed by atoms with Gasteiger partial charge in [0.15, 0.2) is 6.61 Å². The minimum atomic E-state index is -4.47. The van der Waals surface area contributed by atoms with Crippen molar-refractivity contribution in [3.8, 4) is 0 Å². The Morgan fingerprint density at radius 2 is 2.06 bits per heavy atom. The van der Waals surface area contributed by atoms with Crippen molar-refractivity contribution >= 4 is 5.97 Å². The molecular weight excluding hydrogens is 221 g/mol. The zero-order chi connectivity index (χ0) is 12.3. The lowest BCUT2D eigenvalue weighted by Crippen LogP contribution is -2.26. The fourth-order valence-corrected chi connectivity index (χ4v) is 1.46. The third-order valence-electron chi connectivity index (χ3n) is 2.37. The van der Waals surface area contributed by atoms with Crippen LogP contribution in [-0.2, 0) is 9.53 Å². The van der Waals surface area contributed by atoms with Crippen LogP contribution in [0.3, 0.4) is 0 Å². The summed E-state index contributed by atoms with van der Waals surface area (Å²) in [5.41, 5.74) is 1.69. The van der Waals surface area contributed by atoms with E-state index in [9.17, 15) is 18.0 Å². The van der Waals surface area contributed by atoms with Gasteiger partial charge in [0, 0.05) is 0 Å². The van der Waals surface area contributed by atoms with Crippen molar-refractivity contribution in [1.29, 1.82) is 0 Å². The maximum absolute atomic E-state index is 11.9. The Labute approximate surface area is 91.8 Å². The average molecular weight is 234 g/mol. The predicted octanol–water partition coefficient (Wildman–Crippen LogP) is 3.00. The van der Waals surface area contributed by atoms with Gasteiger partial charge in [0.2, 0.25) is 0 Å². The summed E-state index contributed by atoms with van der Waals surface area (Å²) in [5, 5.41) is 0. The van der Waals surface area contributed by atoms with Crippen LogP contribution in [0.15, 0.2) is 23.3 Å². The summed E-state index contributed by atoms with van der Waals surface area (Å²) < 4.78 is 39.8. The number of hydrogen-bond donors (Lipinski definition) is 0. The first-order chi connectivity index (χ1) is 7.29. The fraction of sp³-hybridized carbons (Fsp3) is 0.545. The number of allylic oxidation sites excluding steroid dienone is 3. The standard InChI is InChI=1S/C11H13F3O2/c1-7-3-4-8(2)9(5-7)10(15)16-6-11(12,13)14/h3-4,9H,5-6H2,1-2H3/t9-/m1/s1. The summed E-state index contributed by atoms with van der Waals surface area (Å²) in [6, 6.07) is 0. The molecule has 1 atom stereocenters. The Hall–Kier alpha value is -1.26. The molecule has 0 N–H and O–H groups in total. The van der Waals surface area contributed by atoms with E-state index in [0.29, 0.717) is 6.42 Å². The van der Waals surface area contributed by atoms with Crippen molar-refractivity contribution in [1.82, 2.24) is 0 Å². The van der Waals surface area contributed by atoms with E-state index in [1.54, 1.807) is 13.0 Å². The van der Waals surface area contributed by atoms with Gasteiger partial charge in [-0.05, 0) is 20.3 Å². The Morgan fingerprint density at radius 1 is 1.44 bits per heavy atom. The van der Waals surface area contributed by atoms with Crippen LogP contribution < -0.4 is 0 Å². The molecular formula is C11H13F3O2. The quantitative estimate of drug-likeness (QED) is 0.686. The third-order valence-corrected chi connectivity index (χ3v) is 2.37. The molecule has 1 rings (SSSR count). The van der Waals surface area contributed by atoms with Crippen LogP contribution in [-0.4, -0.2) is 18.8 Å². The molecule has 1 aliphatic carbocycles. The molecule has 2 nitrogen and oxygen atoms in total. The number of rotatable bonds is 2. The monoisotopic (exact) mass is 234 g/mol. The summed E-state index contributed by atoms with van der Waals surface area (Å²) in [6.07, 6.45) is -0.451. The molecule has 0 saturated heterocycles. The molecule has 0 bridgehead atoms. The predicted molar refractivity (Wildman–Crippen MR) is 52.6 cm³/mol. The van der Waals surface area contributed by atoms with Gasteiger partial charge in [-0.15, -0.1) is 0 Å². The molecule has 0 aromatic rings. The molecule has 0 heterocycles. The van der Waals surface area contributed by atoms with E-state index in [1.165, 1.54) is 0 Å². The van der Waals surface area contributed by atoms with E-state index in [-0.39, 0.29) is 0 Å². The second kappa shape index (κ2) is 4.72. The Balaban J connectivity index is 2.56. The first-order valence-electron chi connectivity index (χ1n) is 4.87. The van der Waals surface area contributed by atoms with Gasteiger partial charge < -0.3 is 4.74 Å². The lowest BCUT2D eigenvalue weighted by atomic mass is 9.89. The van der Waals surface area contributed by atoms with Gasteiger partial charge in [-0.3, -0.25) is 4.79 Å². The molecule has 0 spiro atoms. The van der Waals surface area contributed by atoms with E-state index in [2.05, 4.69) is 4.74 Å². The summed E-state index contributed by atoms with van der Waals surface area (Å²) in [5.74, 6) is -1.38. The minimum Gasteiger partial charge on any atom is -0.456 e. The second-order valence-electron chi connectivity index (χ2n) is 3.90. The fourth-order valence-electron chi connectivity index (χ4n) is 1.46. The summed E-state index contributed by atoms with van der Waals surface area (Å²) in [6.45, 7) is 2.02. The van der Waals surface area contributed by atoms with Gasteiger partial charge in [-0.2, -0.15) is 13.2 Å². The van der Waals surface area contributed by atoms with E-state index >= 15 is 0 Å². The van der Waals surface area contributed by atoms with Crippen LogP contribution in [0, 0.1) is 5.92 Å². The maximum Gasteiger partial charge on any atom is 0.422 e. The molecule has 16 heavy (non-hydrogen) atoms. The summed E-state index contributed by atoms with van der Waals surface area (Å²) in [4.78, 5) is 11.4. The van der Waals surface area contributed by atoms with Crippen molar-refractivity contribution in [3.63, 3.8) is 0 Å². The molecule has 0 saturated carbocycles. The lowest BCUT2D eigenvalue weighted by molar-refractivity contribution is -0.188. The van der Waals surface area contributed by atoms with Gasteiger partial charge in [0.25, 0.3) is 0 Å². The van der Waals surface area contributed by atoms with Crippen LogP contribution in [0.2, 0.25) is 0 Å². The lowest BCUT2D eigenvalue weighted by Gasteiger charge is -2.20. The van der Waals surface area contributed by atoms with Gasteiger partial charge in [-0.1, -0.05) is 23.3 Å². The Bertz CT molecular complexity index is 340. The average Bonchev–Trinajstić information content (AvgIpc) is 2.17.